The number of H-pyrrole nitrogens is 1. The minimum Gasteiger partial charge on any atom is -0.388 e. The largest absolute Gasteiger partial charge is 0.388 e. The average Bonchev–Trinajstić information content (AvgIpc) is 3.44. The number of pyridine rings is 1. The first kappa shape index (κ1) is 20.8. The predicted molar refractivity (Wildman–Crippen MR) is 128 cm³/mol. The van der Waals surface area contributed by atoms with E-state index in [2.05, 4.69) is 31.1 Å². The van der Waals surface area contributed by atoms with Gasteiger partial charge < -0.3 is 15.8 Å². The van der Waals surface area contributed by atoms with E-state index in [0.717, 1.165) is 44.7 Å². The number of nitrogens with two attached hydrogens (primary N) is 1. The molecule has 0 fully saturated rings. The molecule has 2 unspecified atom stereocenters. The molecule has 2 atom stereocenters. The molecule has 1 aromatic carbocycles. The third-order valence-corrected chi connectivity index (χ3v) is 5.85. The molecule has 0 bridgehead atoms. The smallest absolute Gasteiger partial charge is 0.220 e. The fourth-order valence-corrected chi connectivity index (χ4v) is 4.12. The van der Waals surface area contributed by atoms with Crippen LogP contribution in [0.5, 0.6) is 0 Å². The standard InChI is InChI=1S/C25H25N7O/c1-15(23(33)16-6-4-3-5-7-16)8-19-10-22(31-25(26)30-19)21-13-28-24-20(21)9-17(11-27-24)18-12-29-32(2)14-18/h3-7,9-15,23,33H,8H2,1-2H3,(H,27,28)(H2,26,30,31). The molecule has 8 nitrogen and oxygen atoms in total. The van der Waals surface area contributed by atoms with Gasteiger partial charge in [-0.2, -0.15) is 5.10 Å². The monoisotopic (exact) mass is 439 g/mol. The maximum atomic E-state index is 10.8. The number of nitrogens with one attached hydrogen (secondary N) is 1. The highest BCUT2D eigenvalue weighted by Gasteiger charge is 2.19. The Morgan fingerprint density at radius 1 is 1.09 bits per heavy atom. The van der Waals surface area contributed by atoms with Gasteiger partial charge in [-0.1, -0.05) is 37.3 Å². The summed E-state index contributed by atoms with van der Waals surface area (Å²) in [5.41, 5.74) is 12.1. The summed E-state index contributed by atoms with van der Waals surface area (Å²) in [4.78, 5) is 16.7. The highest BCUT2D eigenvalue weighted by Crippen LogP contribution is 2.31. The molecule has 0 aliphatic heterocycles. The average molecular weight is 440 g/mol. The van der Waals surface area contributed by atoms with Crippen molar-refractivity contribution in [3.05, 3.63) is 78.5 Å². The molecule has 166 valence electrons. The van der Waals surface area contributed by atoms with Crippen LogP contribution in [0.1, 0.15) is 24.3 Å². The second-order valence-corrected chi connectivity index (χ2v) is 8.36. The van der Waals surface area contributed by atoms with Gasteiger partial charge in [0.15, 0.2) is 0 Å². The number of hydrogen-bond donors (Lipinski definition) is 3. The zero-order chi connectivity index (χ0) is 22.9. The van der Waals surface area contributed by atoms with E-state index < -0.39 is 6.10 Å². The summed E-state index contributed by atoms with van der Waals surface area (Å²) < 4.78 is 1.76. The number of hydrogen-bond acceptors (Lipinski definition) is 6. The van der Waals surface area contributed by atoms with E-state index >= 15 is 0 Å². The number of rotatable bonds is 6. The van der Waals surface area contributed by atoms with Crippen LogP contribution in [0.25, 0.3) is 33.4 Å². The van der Waals surface area contributed by atoms with Crippen LogP contribution in [0.3, 0.4) is 0 Å². The minimum atomic E-state index is -0.592. The molecule has 0 aliphatic carbocycles. The van der Waals surface area contributed by atoms with E-state index in [1.807, 2.05) is 75.2 Å². The molecule has 4 aromatic heterocycles. The van der Waals surface area contributed by atoms with Crippen molar-refractivity contribution in [3.63, 3.8) is 0 Å². The Morgan fingerprint density at radius 2 is 1.91 bits per heavy atom. The number of benzene rings is 1. The van der Waals surface area contributed by atoms with Crippen molar-refractivity contribution in [3.8, 4) is 22.4 Å². The Bertz CT molecular complexity index is 1410. The zero-order valence-electron chi connectivity index (χ0n) is 18.5. The van der Waals surface area contributed by atoms with Crippen LogP contribution in [0.2, 0.25) is 0 Å². The highest BCUT2D eigenvalue weighted by molar-refractivity contribution is 5.95. The number of aromatic amines is 1. The van der Waals surface area contributed by atoms with Crippen LogP contribution in [0.4, 0.5) is 5.95 Å². The molecule has 33 heavy (non-hydrogen) atoms. The van der Waals surface area contributed by atoms with Gasteiger partial charge in [-0.15, -0.1) is 0 Å². The normalized spacial score (nSPS) is 13.3. The molecule has 8 heteroatoms. The molecule has 0 saturated heterocycles. The summed E-state index contributed by atoms with van der Waals surface area (Å²) in [6.07, 6.45) is 7.46. The summed E-state index contributed by atoms with van der Waals surface area (Å²) in [5.74, 6) is 0.158. The molecule has 0 spiro atoms. The molecule has 0 amide bonds. The first-order valence-corrected chi connectivity index (χ1v) is 10.8. The van der Waals surface area contributed by atoms with E-state index in [-0.39, 0.29) is 11.9 Å². The molecule has 5 aromatic rings. The van der Waals surface area contributed by atoms with Crippen LogP contribution in [-0.4, -0.2) is 34.8 Å². The Hall–Kier alpha value is -4.04. The summed E-state index contributed by atoms with van der Waals surface area (Å²) in [6.45, 7) is 2.01. The van der Waals surface area contributed by atoms with Crippen molar-refractivity contribution in [2.45, 2.75) is 19.4 Å². The van der Waals surface area contributed by atoms with Gasteiger partial charge in [0.1, 0.15) is 5.65 Å². The molecular weight excluding hydrogens is 414 g/mol. The molecular formula is C25H25N7O. The lowest BCUT2D eigenvalue weighted by Crippen LogP contribution is -2.13. The third kappa shape index (κ3) is 4.20. The van der Waals surface area contributed by atoms with Gasteiger partial charge in [0, 0.05) is 53.4 Å². The van der Waals surface area contributed by atoms with Crippen LogP contribution < -0.4 is 5.73 Å². The fourth-order valence-electron chi connectivity index (χ4n) is 4.12. The van der Waals surface area contributed by atoms with Crippen molar-refractivity contribution >= 4 is 17.0 Å². The van der Waals surface area contributed by atoms with Crippen molar-refractivity contribution in [1.82, 2.24) is 29.7 Å². The van der Waals surface area contributed by atoms with E-state index in [9.17, 15) is 5.11 Å². The Morgan fingerprint density at radius 3 is 2.67 bits per heavy atom. The summed E-state index contributed by atoms with van der Waals surface area (Å²) in [5, 5.41) is 16.0. The molecule has 4 N–H and O–H groups in total. The van der Waals surface area contributed by atoms with E-state index in [0.29, 0.717) is 6.42 Å². The molecule has 4 heterocycles. The molecule has 5 rings (SSSR count). The lowest BCUT2D eigenvalue weighted by molar-refractivity contribution is 0.117. The number of aliphatic hydroxyl groups is 1. The number of nitrogen functional groups attached to an aromatic ring is 1. The molecule has 0 saturated carbocycles. The maximum absolute atomic E-state index is 10.8. The SMILES string of the molecule is CC(Cc1cc(-c2c[nH]c3ncc(-c4cnn(C)c4)cc23)nc(N)n1)C(O)c1ccccc1. The quantitative estimate of drug-likeness (QED) is 0.369. The Labute approximate surface area is 191 Å². The summed E-state index contributed by atoms with van der Waals surface area (Å²) >= 11 is 0. The predicted octanol–water partition coefficient (Wildman–Crippen LogP) is 3.91. The van der Waals surface area contributed by atoms with Gasteiger partial charge in [-0.05, 0) is 30.0 Å². The van der Waals surface area contributed by atoms with E-state index in [1.165, 1.54) is 0 Å². The second kappa shape index (κ2) is 8.48. The van der Waals surface area contributed by atoms with E-state index in [4.69, 9.17) is 5.73 Å². The summed E-state index contributed by atoms with van der Waals surface area (Å²) in [6, 6.07) is 13.7. The van der Waals surface area contributed by atoms with Gasteiger partial charge in [-0.25, -0.2) is 15.0 Å². The van der Waals surface area contributed by atoms with Crippen LogP contribution >= 0.6 is 0 Å². The third-order valence-electron chi connectivity index (χ3n) is 5.85. The zero-order valence-corrected chi connectivity index (χ0v) is 18.5. The van der Waals surface area contributed by atoms with Crippen molar-refractivity contribution in [2.75, 3.05) is 5.73 Å². The lowest BCUT2D eigenvalue weighted by Gasteiger charge is -2.19. The van der Waals surface area contributed by atoms with Crippen molar-refractivity contribution in [2.24, 2.45) is 13.0 Å². The lowest BCUT2D eigenvalue weighted by atomic mass is 9.93. The minimum absolute atomic E-state index is 0.0450. The fraction of sp³-hybridized carbons (Fsp3) is 0.200. The number of aryl methyl sites for hydroxylation is 1. The van der Waals surface area contributed by atoms with Gasteiger partial charge in [0.25, 0.3) is 0 Å². The van der Waals surface area contributed by atoms with Gasteiger partial charge in [0.2, 0.25) is 5.95 Å². The van der Waals surface area contributed by atoms with Crippen LogP contribution in [-0.2, 0) is 13.5 Å². The number of fused-ring (bicyclic) bond motifs is 1. The number of anilines is 1. The van der Waals surface area contributed by atoms with Crippen molar-refractivity contribution in [1.29, 1.82) is 0 Å². The number of nitrogens with zero attached hydrogens (tertiary/aromatic N) is 5. The number of aliphatic hydroxyl groups excluding tert-OH is 1. The van der Waals surface area contributed by atoms with Crippen molar-refractivity contribution < 1.29 is 5.11 Å². The Balaban J connectivity index is 1.47. The molecule has 0 radical (unpaired) electrons. The maximum Gasteiger partial charge on any atom is 0.220 e. The van der Waals surface area contributed by atoms with Crippen LogP contribution in [0, 0.1) is 5.92 Å². The number of aromatic nitrogens is 6. The van der Waals surface area contributed by atoms with Gasteiger partial charge in [0.05, 0.1) is 18.0 Å². The first-order valence-electron chi connectivity index (χ1n) is 10.8. The van der Waals surface area contributed by atoms with Gasteiger partial charge in [-0.3, -0.25) is 4.68 Å². The second-order valence-electron chi connectivity index (χ2n) is 8.36. The van der Waals surface area contributed by atoms with Crippen LogP contribution in [0.15, 0.2) is 67.3 Å². The first-order chi connectivity index (χ1) is 16.0. The highest BCUT2D eigenvalue weighted by atomic mass is 16.3. The topological polar surface area (TPSA) is 119 Å². The summed E-state index contributed by atoms with van der Waals surface area (Å²) in [7, 11) is 1.89. The van der Waals surface area contributed by atoms with Gasteiger partial charge >= 0.3 is 0 Å². The Kier molecular flexibility index (Phi) is 5.35. The molecule has 0 aliphatic rings. The van der Waals surface area contributed by atoms with E-state index in [1.54, 1.807) is 4.68 Å².